The summed E-state index contributed by atoms with van der Waals surface area (Å²) in [5.74, 6) is 0.403. The van der Waals surface area contributed by atoms with Crippen molar-refractivity contribution in [2.75, 3.05) is 11.9 Å². The molecule has 1 unspecified atom stereocenters. The zero-order valence-electron chi connectivity index (χ0n) is 15.0. The molecule has 0 spiro atoms. The van der Waals surface area contributed by atoms with E-state index in [4.69, 9.17) is 16.3 Å². The van der Waals surface area contributed by atoms with E-state index in [1.54, 1.807) is 49.4 Å². The van der Waals surface area contributed by atoms with Crippen LogP contribution in [0.2, 0.25) is 5.02 Å². The molecule has 0 radical (unpaired) electrons. The van der Waals surface area contributed by atoms with Crippen LogP contribution in [0.5, 0.6) is 5.75 Å². The summed E-state index contributed by atoms with van der Waals surface area (Å²) in [7, 11) is 0. The zero-order valence-corrected chi connectivity index (χ0v) is 15.8. The Hall–Kier alpha value is -2.99. The van der Waals surface area contributed by atoms with E-state index in [0.717, 1.165) is 5.75 Å². The first kappa shape index (κ1) is 18.8. The van der Waals surface area contributed by atoms with Crippen molar-refractivity contribution < 1.29 is 14.3 Å². The lowest BCUT2D eigenvalue weighted by molar-refractivity contribution is -0.113. The van der Waals surface area contributed by atoms with Crippen molar-refractivity contribution in [1.29, 1.82) is 0 Å². The van der Waals surface area contributed by atoms with Crippen molar-refractivity contribution in [3.63, 3.8) is 0 Å². The zero-order chi connectivity index (χ0) is 19.4. The molecule has 1 aliphatic heterocycles. The van der Waals surface area contributed by atoms with Gasteiger partial charge in [-0.05, 0) is 49.7 Å². The SMILES string of the molecule is CCOc1ccc(NC(=O)C2=C(C)NC(=O)NC2c2ccccc2Cl)cc1. The first-order valence-corrected chi connectivity index (χ1v) is 8.94. The highest BCUT2D eigenvalue weighted by molar-refractivity contribution is 6.31. The third-order valence-corrected chi connectivity index (χ3v) is 4.50. The third-order valence-electron chi connectivity index (χ3n) is 4.15. The summed E-state index contributed by atoms with van der Waals surface area (Å²) >= 11 is 6.29. The number of anilines is 1. The molecule has 27 heavy (non-hydrogen) atoms. The highest BCUT2D eigenvalue weighted by atomic mass is 35.5. The van der Waals surface area contributed by atoms with Crippen molar-refractivity contribution in [3.8, 4) is 5.75 Å². The summed E-state index contributed by atoms with van der Waals surface area (Å²) in [6.45, 7) is 4.17. The number of carbonyl (C=O) groups excluding carboxylic acids is 2. The molecule has 0 saturated heterocycles. The lowest BCUT2D eigenvalue weighted by Crippen LogP contribution is -2.46. The van der Waals surface area contributed by atoms with Crippen LogP contribution in [0.4, 0.5) is 10.5 Å². The molecule has 7 heteroatoms. The Morgan fingerprint density at radius 3 is 2.56 bits per heavy atom. The maximum Gasteiger partial charge on any atom is 0.319 e. The normalized spacial score (nSPS) is 16.4. The molecule has 0 fully saturated rings. The van der Waals surface area contributed by atoms with Crippen LogP contribution in [-0.2, 0) is 4.79 Å². The van der Waals surface area contributed by atoms with Gasteiger partial charge in [0.15, 0.2) is 0 Å². The second-order valence-electron chi connectivity index (χ2n) is 6.00. The van der Waals surface area contributed by atoms with Crippen LogP contribution in [0, 0.1) is 0 Å². The summed E-state index contributed by atoms with van der Waals surface area (Å²) in [6, 6.07) is 13.2. The van der Waals surface area contributed by atoms with Gasteiger partial charge in [0, 0.05) is 16.4 Å². The smallest absolute Gasteiger partial charge is 0.319 e. The van der Waals surface area contributed by atoms with Gasteiger partial charge in [0.25, 0.3) is 5.91 Å². The Bertz CT molecular complexity index is 894. The van der Waals surface area contributed by atoms with E-state index in [-0.39, 0.29) is 11.9 Å². The van der Waals surface area contributed by atoms with Gasteiger partial charge in [0.1, 0.15) is 5.75 Å². The highest BCUT2D eigenvalue weighted by Crippen LogP contribution is 2.32. The molecule has 3 amide bonds. The highest BCUT2D eigenvalue weighted by Gasteiger charge is 2.32. The van der Waals surface area contributed by atoms with Gasteiger partial charge in [-0.3, -0.25) is 4.79 Å². The largest absolute Gasteiger partial charge is 0.494 e. The Morgan fingerprint density at radius 2 is 1.89 bits per heavy atom. The maximum absolute atomic E-state index is 13.0. The predicted octanol–water partition coefficient (Wildman–Crippen LogP) is 4.01. The monoisotopic (exact) mass is 385 g/mol. The van der Waals surface area contributed by atoms with E-state index in [9.17, 15) is 9.59 Å². The van der Waals surface area contributed by atoms with E-state index >= 15 is 0 Å². The molecule has 1 atom stereocenters. The minimum Gasteiger partial charge on any atom is -0.494 e. The van der Waals surface area contributed by atoms with Gasteiger partial charge in [0.05, 0.1) is 18.2 Å². The van der Waals surface area contributed by atoms with Crippen LogP contribution < -0.4 is 20.7 Å². The van der Waals surface area contributed by atoms with Crippen LogP contribution in [-0.4, -0.2) is 18.5 Å². The van der Waals surface area contributed by atoms with Crippen molar-refractivity contribution in [1.82, 2.24) is 10.6 Å². The number of carbonyl (C=O) groups is 2. The van der Waals surface area contributed by atoms with E-state index in [2.05, 4.69) is 16.0 Å². The molecule has 0 aliphatic carbocycles. The molecule has 2 aromatic rings. The quantitative estimate of drug-likeness (QED) is 0.727. The number of benzene rings is 2. The number of hydrogen-bond donors (Lipinski definition) is 3. The fourth-order valence-electron chi connectivity index (χ4n) is 2.94. The standard InChI is InChI=1S/C20H20ClN3O3/c1-3-27-14-10-8-13(9-11-14)23-19(25)17-12(2)22-20(26)24-18(17)15-6-4-5-7-16(15)21/h4-11,18H,3H2,1-2H3,(H,23,25)(H2,22,24,26). The molecule has 0 aromatic heterocycles. The second-order valence-corrected chi connectivity index (χ2v) is 6.41. The Kier molecular flexibility index (Phi) is 5.66. The van der Waals surface area contributed by atoms with Crippen LogP contribution in [0.3, 0.4) is 0 Å². The molecule has 0 bridgehead atoms. The molecule has 1 aliphatic rings. The number of amides is 3. The fourth-order valence-corrected chi connectivity index (χ4v) is 3.18. The van der Waals surface area contributed by atoms with Gasteiger partial charge in [-0.2, -0.15) is 0 Å². The molecular formula is C20H20ClN3O3. The van der Waals surface area contributed by atoms with Gasteiger partial charge in [-0.25, -0.2) is 4.79 Å². The lowest BCUT2D eigenvalue weighted by atomic mass is 9.94. The average molecular weight is 386 g/mol. The van der Waals surface area contributed by atoms with Crippen molar-refractivity contribution >= 4 is 29.2 Å². The van der Waals surface area contributed by atoms with Gasteiger partial charge >= 0.3 is 6.03 Å². The number of rotatable bonds is 5. The number of halogens is 1. The van der Waals surface area contributed by atoms with Gasteiger partial charge in [-0.1, -0.05) is 29.8 Å². The Morgan fingerprint density at radius 1 is 1.19 bits per heavy atom. The molecule has 0 saturated carbocycles. The minimum atomic E-state index is -0.643. The average Bonchev–Trinajstić information content (AvgIpc) is 2.63. The predicted molar refractivity (Wildman–Crippen MR) is 105 cm³/mol. The van der Waals surface area contributed by atoms with Crippen molar-refractivity contribution in [2.45, 2.75) is 19.9 Å². The van der Waals surface area contributed by atoms with Crippen LogP contribution in [0.15, 0.2) is 59.8 Å². The second kappa shape index (κ2) is 8.14. The number of ether oxygens (including phenoxy) is 1. The lowest BCUT2D eigenvalue weighted by Gasteiger charge is -2.29. The molecule has 3 N–H and O–H groups in total. The molecule has 1 heterocycles. The first-order valence-electron chi connectivity index (χ1n) is 8.56. The Balaban J connectivity index is 1.88. The first-order chi connectivity index (χ1) is 13.0. The number of nitrogens with one attached hydrogen (secondary N) is 3. The van der Waals surface area contributed by atoms with E-state index in [0.29, 0.717) is 34.2 Å². The molecule has 3 rings (SSSR count). The number of hydrogen-bond acceptors (Lipinski definition) is 3. The van der Waals surface area contributed by atoms with E-state index in [1.807, 2.05) is 13.0 Å². The number of urea groups is 1. The summed E-state index contributed by atoms with van der Waals surface area (Å²) in [6.07, 6.45) is 0. The maximum atomic E-state index is 13.0. The minimum absolute atomic E-state index is 0.325. The number of allylic oxidation sites excluding steroid dienone is 1. The summed E-state index contributed by atoms with van der Waals surface area (Å²) in [5.41, 5.74) is 2.16. The van der Waals surface area contributed by atoms with Gasteiger partial charge in [0.2, 0.25) is 0 Å². The molecule has 2 aromatic carbocycles. The van der Waals surface area contributed by atoms with E-state index in [1.165, 1.54) is 0 Å². The Labute approximate surface area is 162 Å². The summed E-state index contributed by atoms with van der Waals surface area (Å²) in [5, 5.41) is 8.75. The third kappa shape index (κ3) is 4.23. The van der Waals surface area contributed by atoms with Gasteiger partial charge < -0.3 is 20.7 Å². The topological polar surface area (TPSA) is 79.5 Å². The molecular weight excluding hydrogens is 366 g/mol. The van der Waals surface area contributed by atoms with Gasteiger partial charge in [-0.15, -0.1) is 0 Å². The van der Waals surface area contributed by atoms with Crippen molar-refractivity contribution in [2.24, 2.45) is 0 Å². The molecule has 6 nitrogen and oxygen atoms in total. The van der Waals surface area contributed by atoms with Crippen LogP contribution in [0.1, 0.15) is 25.5 Å². The summed E-state index contributed by atoms with van der Waals surface area (Å²) < 4.78 is 5.40. The van der Waals surface area contributed by atoms with Crippen LogP contribution >= 0.6 is 11.6 Å². The van der Waals surface area contributed by atoms with Crippen LogP contribution in [0.25, 0.3) is 0 Å². The fraction of sp³-hybridized carbons (Fsp3) is 0.200. The molecule has 140 valence electrons. The van der Waals surface area contributed by atoms with Crippen molar-refractivity contribution in [3.05, 3.63) is 70.4 Å². The van der Waals surface area contributed by atoms with E-state index < -0.39 is 6.04 Å². The summed E-state index contributed by atoms with van der Waals surface area (Å²) in [4.78, 5) is 24.9.